The molecule has 1 aliphatic heterocycles. The molecule has 13 heavy (non-hydrogen) atoms. The van der Waals surface area contributed by atoms with E-state index in [2.05, 4.69) is 0 Å². The molecule has 6 heteroatoms. The van der Waals surface area contributed by atoms with Crippen molar-refractivity contribution in [1.29, 1.82) is 0 Å². The fourth-order valence-electron chi connectivity index (χ4n) is 1.17. The number of aliphatic hydroxyl groups excluding tert-OH is 1. The average Bonchev–Trinajstić information content (AvgIpc) is 2.16. The normalized spacial score (nSPS) is 23.7. The molecule has 1 rings (SSSR count). The summed E-state index contributed by atoms with van der Waals surface area (Å²) in [5, 5.41) is 8.68. The lowest BCUT2D eigenvalue weighted by Crippen LogP contribution is -2.48. The van der Waals surface area contributed by atoms with Crippen LogP contribution in [0.1, 0.15) is 0 Å². The van der Waals surface area contributed by atoms with E-state index in [0.717, 1.165) is 4.90 Å². The molecule has 0 saturated carbocycles. The van der Waals surface area contributed by atoms with E-state index in [1.165, 1.54) is 0 Å². The van der Waals surface area contributed by atoms with Gasteiger partial charge in [-0.15, -0.1) is 0 Å². The molecule has 0 spiro atoms. The van der Waals surface area contributed by atoms with Crippen molar-refractivity contribution in [3.63, 3.8) is 0 Å². The lowest BCUT2D eigenvalue weighted by atomic mass is 10.3. The molecule has 1 N–H and O–H groups in total. The SMILES string of the molecule is O=C(C(F)F)N1CCOC(CO)C1. The number of halogens is 2. The van der Waals surface area contributed by atoms with Gasteiger partial charge < -0.3 is 14.7 Å². The number of hydrogen-bond acceptors (Lipinski definition) is 3. The zero-order chi connectivity index (χ0) is 9.84. The molecule has 0 aromatic rings. The van der Waals surface area contributed by atoms with E-state index in [9.17, 15) is 13.6 Å². The Kier molecular flexibility index (Phi) is 3.56. The fourth-order valence-corrected chi connectivity index (χ4v) is 1.17. The number of morpholine rings is 1. The summed E-state index contributed by atoms with van der Waals surface area (Å²) in [7, 11) is 0. The quantitative estimate of drug-likeness (QED) is 0.644. The van der Waals surface area contributed by atoms with E-state index in [1.807, 2.05) is 0 Å². The summed E-state index contributed by atoms with van der Waals surface area (Å²) in [6.07, 6.45) is -3.51. The van der Waals surface area contributed by atoms with Gasteiger partial charge in [0.05, 0.1) is 19.3 Å². The van der Waals surface area contributed by atoms with Gasteiger partial charge in [-0.2, -0.15) is 8.78 Å². The Morgan fingerprint density at radius 2 is 2.38 bits per heavy atom. The number of nitrogens with zero attached hydrogens (tertiary/aromatic N) is 1. The third kappa shape index (κ3) is 2.60. The minimum absolute atomic E-state index is 0.0413. The molecule has 1 heterocycles. The molecule has 1 atom stereocenters. The summed E-state index contributed by atoms with van der Waals surface area (Å²) >= 11 is 0. The highest BCUT2D eigenvalue weighted by Gasteiger charge is 2.28. The maximum atomic E-state index is 11.9. The van der Waals surface area contributed by atoms with E-state index in [-0.39, 0.29) is 26.3 Å². The number of alkyl halides is 2. The number of carbonyl (C=O) groups excluding carboxylic acids is 1. The highest BCUT2D eigenvalue weighted by molar-refractivity contribution is 5.79. The van der Waals surface area contributed by atoms with Gasteiger partial charge in [0.1, 0.15) is 0 Å². The maximum Gasteiger partial charge on any atom is 0.315 e. The molecule has 1 fully saturated rings. The summed E-state index contributed by atoms with van der Waals surface area (Å²) in [6, 6.07) is 0. The smallest absolute Gasteiger partial charge is 0.315 e. The Balaban J connectivity index is 2.46. The summed E-state index contributed by atoms with van der Waals surface area (Å²) < 4.78 is 28.9. The van der Waals surface area contributed by atoms with Crippen LogP contribution in [-0.4, -0.2) is 54.7 Å². The van der Waals surface area contributed by atoms with Crippen molar-refractivity contribution in [2.24, 2.45) is 0 Å². The van der Waals surface area contributed by atoms with Crippen molar-refractivity contribution < 1.29 is 23.4 Å². The van der Waals surface area contributed by atoms with Crippen molar-refractivity contribution in [2.45, 2.75) is 12.5 Å². The highest BCUT2D eigenvalue weighted by Crippen LogP contribution is 2.08. The van der Waals surface area contributed by atoms with Gasteiger partial charge in [-0.05, 0) is 0 Å². The third-order valence-electron chi connectivity index (χ3n) is 1.84. The minimum atomic E-state index is -2.97. The second kappa shape index (κ2) is 4.48. The first kappa shape index (κ1) is 10.3. The molecule has 4 nitrogen and oxygen atoms in total. The Bertz CT molecular complexity index is 189. The molecule has 1 unspecified atom stereocenters. The van der Waals surface area contributed by atoms with Crippen LogP contribution in [0.4, 0.5) is 8.78 Å². The van der Waals surface area contributed by atoms with Crippen LogP contribution in [-0.2, 0) is 9.53 Å². The zero-order valence-electron chi connectivity index (χ0n) is 6.95. The Morgan fingerprint density at radius 1 is 1.69 bits per heavy atom. The molecule has 0 bridgehead atoms. The molecule has 0 aromatic carbocycles. The first-order valence-corrected chi connectivity index (χ1v) is 3.94. The lowest BCUT2D eigenvalue weighted by molar-refractivity contribution is -0.151. The van der Waals surface area contributed by atoms with Crippen LogP contribution in [0.3, 0.4) is 0 Å². The number of rotatable bonds is 2. The minimum Gasteiger partial charge on any atom is -0.394 e. The van der Waals surface area contributed by atoms with Crippen LogP contribution < -0.4 is 0 Å². The van der Waals surface area contributed by atoms with E-state index in [4.69, 9.17) is 9.84 Å². The van der Waals surface area contributed by atoms with Gasteiger partial charge in [0.25, 0.3) is 5.91 Å². The second-order valence-electron chi connectivity index (χ2n) is 2.76. The summed E-state index contributed by atoms with van der Waals surface area (Å²) in [4.78, 5) is 11.8. The Hall–Kier alpha value is -0.750. The Morgan fingerprint density at radius 3 is 2.92 bits per heavy atom. The van der Waals surface area contributed by atoms with E-state index in [1.54, 1.807) is 0 Å². The fraction of sp³-hybridized carbons (Fsp3) is 0.857. The average molecular weight is 195 g/mol. The van der Waals surface area contributed by atoms with Crippen LogP contribution in [0.15, 0.2) is 0 Å². The van der Waals surface area contributed by atoms with Gasteiger partial charge in [0, 0.05) is 13.1 Å². The van der Waals surface area contributed by atoms with Gasteiger partial charge in [0.15, 0.2) is 0 Å². The predicted octanol–water partition coefficient (Wildman–Crippen LogP) is -0.529. The molecular formula is C7H11F2NO3. The van der Waals surface area contributed by atoms with E-state index in [0.29, 0.717) is 0 Å². The summed E-state index contributed by atoms with van der Waals surface area (Å²) in [5.41, 5.74) is 0. The molecule has 0 radical (unpaired) electrons. The molecule has 0 aliphatic carbocycles. The van der Waals surface area contributed by atoms with Gasteiger partial charge in [-0.1, -0.05) is 0 Å². The molecule has 1 amide bonds. The number of amides is 1. The number of aliphatic hydroxyl groups is 1. The summed E-state index contributed by atoms with van der Waals surface area (Å²) in [6.45, 7) is 0.149. The highest BCUT2D eigenvalue weighted by atomic mass is 19.3. The van der Waals surface area contributed by atoms with Crippen LogP contribution in [0, 0.1) is 0 Å². The van der Waals surface area contributed by atoms with Crippen LogP contribution >= 0.6 is 0 Å². The topological polar surface area (TPSA) is 49.8 Å². The number of ether oxygens (including phenoxy) is 1. The zero-order valence-corrected chi connectivity index (χ0v) is 6.95. The number of hydrogen-bond donors (Lipinski definition) is 1. The molecular weight excluding hydrogens is 184 g/mol. The standard InChI is InChI=1S/C7H11F2NO3/c8-6(9)7(12)10-1-2-13-5(3-10)4-11/h5-6,11H,1-4H2. The third-order valence-corrected chi connectivity index (χ3v) is 1.84. The van der Waals surface area contributed by atoms with Gasteiger partial charge in [-0.3, -0.25) is 4.79 Å². The van der Waals surface area contributed by atoms with Crippen molar-refractivity contribution in [2.75, 3.05) is 26.3 Å². The Labute approximate surface area is 74.1 Å². The summed E-state index contributed by atoms with van der Waals surface area (Å²) in [5.74, 6) is -1.19. The molecule has 76 valence electrons. The van der Waals surface area contributed by atoms with Crippen LogP contribution in [0.5, 0.6) is 0 Å². The van der Waals surface area contributed by atoms with Gasteiger partial charge >= 0.3 is 6.43 Å². The van der Waals surface area contributed by atoms with Crippen molar-refractivity contribution in [3.8, 4) is 0 Å². The van der Waals surface area contributed by atoms with Gasteiger partial charge in [0.2, 0.25) is 0 Å². The van der Waals surface area contributed by atoms with E-state index < -0.39 is 18.4 Å². The predicted molar refractivity (Wildman–Crippen MR) is 39.4 cm³/mol. The van der Waals surface area contributed by atoms with E-state index >= 15 is 0 Å². The monoisotopic (exact) mass is 195 g/mol. The maximum absolute atomic E-state index is 11.9. The van der Waals surface area contributed by atoms with Crippen molar-refractivity contribution in [3.05, 3.63) is 0 Å². The lowest BCUT2D eigenvalue weighted by Gasteiger charge is -2.31. The molecule has 0 aromatic heterocycles. The molecule has 1 saturated heterocycles. The number of carbonyl (C=O) groups is 1. The van der Waals surface area contributed by atoms with Crippen LogP contribution in [0.25, 0.3) is 0 Å². The first-order valence-electron chi connectivity index (χ1n) is 3.94. The van der Waals surface area contributed by atoms with Crippen molar-refractivity contribution in [1.82, 2.24) is 4.90 Å². The van der Waals surface area contributed by atoms with Gasteiger partial charge in [-0.25, -0.2) is 0 Å². The first-order chi connectivity index (χ1) is 6.15. The van der Waals surface area contributed by atoms with Crippen LogP contribution in [0.2, 0.25) is 0 Å². The second-order valence-corrected chi connectivity index (χ2v) is 2.76. The largest absolute Gasteiger partial charge is 0.394 e. The molecule has 1 aliphatic rings. The van der Waals surface area contributed by atoms with Crippen molar-refractivity contribution >= 4 is 5.91 Å².